The number of amides is 1. The van der Waals surface area contributed by atoms with Gasteiger partial charge in [0.15, 0.2) is 0 Å². The first-order valence-corrected chi connectivity index (χ1v) is 7.73. The van der Waals surface area contributed by atoms with Crippen molar-refractivity contribution in [1.82, 2.24) is 9.80 Å². The van der Waals surface area contributed by atoms with Crippen molar-refractivity contribution in [2.75, 3.05) is 27.2 Å². The van der Waals surface area contributed by atoms with Gasteiger partial charge in [-0.05, 0) is 44.6 Å². The van der Waals surface area contributed by atoms with Crippen molar-refractivity contribution in [3.05, 3.63) is 34.9 Å². The largest absolute Gasteiger partial charge is 0.388 e. The van der Waals surface area contributed by atoms with E-state index in [-0.39, 0.29) is 12.3 Å². The summed E-state index contributed by atoms with van der Waals surface area (Å²) in [6, 6.07) is 7.40. The smallest absolute Gasteiger partial charge is 0.225 e. The number of carbonyl (C=O) groups is 1. The van der Waals surface area contributed by atoms with Crippen molar-refractivity contribution in [1.29, 1.82) is 0 Å². The molecule has 0 aromatic heterocycles. The number of halogens is 1. The molecule has 2 unspecified atom stereocenters. The first-order valence-electron chi connectivity index (χ1n) is 7.35. The average molecular weight is 311 g/mol. The number of hydrogen-bond donors (Lipinski definition) is 1. The van der Waals surface area contributed by atoms with E-state index in [0.29, 0.717) is 11.1 Å². The van der Waals surface area contributed by atoms with Gasteiger partial charge in [0, 0.05) is 24.2 Å². The zero-order valence-corrected chi connectivity index (χ0v) is 13.4. The van der Waals surface area contributed by atoms with Crippen LogP contribution in [0.25, 0.3) is 0 Å². The summed E-state index contributed by atoms with van der Waals surface area (Å²) >= 11 is 5.83. The Balaban J connectivity index is 1.92. The maximum absolute atomic E-state index is 12.3. The monoisotopic (exact) mass is 310 g/mol. The number of hydrogen-bond acceptors (Lipinski definition) is 3. The number of piperidine rings is 1. The third kappa shape index (κ3) is 4.43. The Morgan fingerprint density at radius 1 is 1.43 bits per heavy atom. The Kier molecular flexibility index (Phi) is 5.62. The van der Waals surface area contributed by atoms with Gasteiger partial charge in [0.25, 0.3) is 0 Å². The number of carbonyl (C=O) groups excluding carboxylic acids is 1. The van der Waals surface area contributed by atoms with Gasteiger partial charge in [0.1, 0.15) is 0 Å². The van der Waals surface area contributed by atoms with Crippen LogP contribution in [0.1, 0.15) is 30.9 Å². The molecule has 4 nitrogen and oxygen atoms in total. The van der Waals surface area contributed by atoms with E-state index in [0.717, 1.165) is 31.5 Å². The minimum Gasteiger partial charge on any atom is -0.388 e. The maximum Gasteiger partial charge on any atom is 0.225 e. The van der Waals surface area contributed by atoms with Crippen LogP contribution in [0, 0.1) is 0 Å². The highest BCUT2D eigenvalue weighted by Gasteiger charge is 2.26. The molecule has 0 bridgehead atoms. The highest BCUT2D eigenvalue weighted by atomic mass is 35.5. The minimum absolute atomic E-state index is 0.0176. The van der Waals surface area contributed by atoms with Crippen molar-refractivity contribution < 1.29 is 9.90 Å². The Morgan fingerprint density at radius 3 is 2.71 bits per heavy atom. The summed E-state index contributed by atoms with van der Waals surface area (Å²) in [5, 5.41) is 10.8. The number of benzene rings is 1. The SMILES string of the molecule is CN(C)C1CCCN(C(=O)CC(O)c2ccc(Cl)cc2)C1. The van der Waals surface area contributed by atoms with Crippen LogP contribution >= 0.6 is 11.6 Å². The Labute approximate surface area is 131 Å². The van der Waals surface area contributed by atoms with Crippen LogP contribution < -0.4 is 0 Å². The quantitative estimate of drug-likeness (QED) is 0.928. The van der Waals surface area contributed by atoms with Crippen molar-refractivity contribution >= 4 is 17.5 Å². The summed E-state index contributed by atoms with van der Waals surface area (Å²) in [7, 11) is 4.09. The van der Waals surface area contributed by atoms with E-state index >= 15 is 0 Å². The van der Waals surface area contributed by atoms with Crippen LogP contribution in [0.5, 0.6) is 0 Å². The zero-order chi connectivity index (χ0) is 15.4. The standard InChI is InChI=1S/C16H23ClN2O2/c1-18(2)14-4-3-9-19(11-14)16(21)10-15(20)12-5-7-13(17)8-6-12/h5-8,14-15,20H,3-4,9-11H2,1-2H3. The van der Waals surface area contributed by atoms with Crippen molar-refractivity contribution in [2.45, 2.75) is 31.4 Å². The molecule has 116 valence electrons. The van der Waals surface area contributed by atoms with Crippen LogP contribution in [0.15, 0.2) is 24.3 Å². The fourth-order valence-electron chi connectivity index (χ4n) is 2.70. The van der Waals surface area contributed by atoms with Crippen molar-refractivity contribution in [3.63, 3.8) is 0 Å². The van der Waals surface area contributed by atoms with E-state index < -0.39 is 6.10 Å². The minimum atomic E-state index is -0.769. The molecule has 1 aromatic rings. The molecule has 1 aromatic carbocycles. The molecule has 0 saturated carbocycles. The molecule has 1 heterocycles. The third-order valence-electron chi connectivity index (χ3n) is 4.10. The second-order valence-electron chi connectivity index (χ2n) is 5.87. The molecule has 2 atom stereocenters. The Bertz CT molecular complexity index is 476. The zero-order valence-electron chi connectivity index (χ0n) is 12.6. The average Bonchev–Trinajstić information content (AvgIpc) is 2.48. The number of likely N-dealkylation sites (N-methyl/N-ethyl adjacent to an activating group) is 1. The maximum atomic E-state index is 12.3. The van der Waals surface area contributed by atoms with Gasteiger partial charge in [-0.1, -0.05) is 23.7 Å². The van der Waals surface area contributed by atoms with Gasteiger partial charge in [-0.3, -0.25) is 4.79 Å². The second kappa shape index (κ2) is 7.25. The summed E-state index contributed by atoms with van der Waals surface area (Å²) in [5.41, 5.74) is 0.730. The van der Waals surface area contributed by atoms with Crippen LogP contribution in [0.2, 0.25) is 5.02 Å². The molecule has 21 heavy (non-hydrogen) atoms. The summed E-state index contributed by atoms with van der Waals surface area (Å²) < 4.78 is 0. The molecule has 1 saturated heterocycles. The number of aliphatic hydroxyl groups excluding tert-OH is 1. The normalized spacial score (nSPS) is 20.6. The first kappa shape index (κ1) is 16.3. The number of aliphatic hydroxyl groups is 1. The van der Waals surface area contributed by atoms with Gasteiger partial charge >= 0.3 is 0 Å². The van der Waals surface area contributed by atoms with Gasteiger partial charge in [-0.15, -0.1) is 0 Å². The van der Waals surface area contributed by atoms with Gasteiger partial charge < -0.3 is 14.9 Å². The molecular weight excluding hydrogens is 288 g/mol. The lowest BCUT2D eigenvalue weighted by Crippen LogP contribution is -2.47. The van der Waals surface area contributed by atoms with E-state index in [2.05, 4.69) is 4.90 Å². The molecule has 1 fully saturated rings. The molecule has 0 aliphatic carbocycles. The summed E-state index contributed by atoms with van der Waals surface area (Å²) in [6.45, 7) is 1.54. The molecule has 1 aliphatic rings. The van der Waals surface area contributed by atoms with Gasteiger partial charge in [0.05, 0.1) is 12.5 Å². The van der Waals surface area contributed by atoms with E-state index in [1.54, 1.807) is 24.3 Å². The topological polar surface area (TPSA) is 43.8 Å². The Morgan fingerprint density at radius 2 is 2.10 bits per heavy atom. The molecule has 1 N–H and O–H groups in total. The van der Waals surface area contributed by atoms with Crippen LogP contribution in [-0.4, -0.2) is 54.0 Å². The van der Waals surface area contributed by atoms with Crippen LogP contribution in [0.4, 0.5) is 0 Å². The molecule has 2 rings (SSSR count). The Hall–Kier alpha value is -1.10. The van der Waals surface area contributed by atoms with Crippen molar-refractivity contribution in [2.24, 2.45) is 0 Å². The number of likely N-dealkylation sites (tertiary alicyclic amines) is 1. The van der Waals surface area contributed by atoms with Gasteiger partial charge in [0.2, 0.25) is 5.91 Å². The lowest BCUT2D eigenvalue weighted by molar-refractivity contribution is -0.135. The predicted molar refractivity (Wildman–Crippen MR) is 84.3 cm³/mol. The molecule has 5 heteroatoms. The fraction of sp³-hybridized carbons (Fsp3) is 0.562. The van der Waals surface area contributed by atoms with E-state index in [1.807, 2.05) is 19.0 Å². The lowest BCUT2D eigenvalue weighted by atomic mass is 10.0. The predicted octanol–water partition coefficient (Wildman–Crippen LogP) is 2.32. The lowest BCUT2D eigenvalue weighted by Gasteiger charge is -2.36. The molecule has 1 amide bonds. The van der Waals surface area contributed by atoms with Crippen LogP contribution in [0.3, 0.4) is 0 Å². The van der Waals surface area contributed by atoms with Crippen molar-refractivity contribution in [3.8, 4) is 0 Å². The summed E-state index contributed by atoms with van der Waals surface area (Å²) in [4.78, 5) is 16.4. The molecule has 0 spiro atoms. The van der Waals surface area contributed by atoms with E-state index in [9.17, 15) is 9.90 Å². The number of nitrogens with zero attached hydrogens (tertiary/aromatic N) is 2. The first-order chi connectivity index (χ1) is 9.97. The number of rotatable bonds is 4. The van der Waals surface area contributed by atoms with Gasteiger partial charge in [-0.25, -0.2) is 0 Å². The fourth-order valence-corrected chi connectivity index (χ4v) is 2.83. The second-order valence-corrected chi connectivity index (χ2v) is 6.31. The van der Waals surface area contributed by atoms with E-state index in [1.165, 1.54) is 0 Å². The third-order valence-corrected chi connectivity index (χ3v) is 4.35. The highest BCUT2D eigenvalue weighted by molar-refractivity contribution is 6.30. The summed E-state index contributed by atoms with van der Waals surface area (Å²) in [6.07, 6.45) is 1.50. The highest BCUT2D eigenvalue weighted by Crippen LogP contribution is 2.22. The molecular formula is C16H23ClN2O2. The summed E-state index contributed by atoms with van der Waals surface area (Å²) in [5.74, 6) is 0.0176. The molecule has 1 aliphatic heterocycles. The van der Waals surface area contributed by atoms with Gasteiger partial charge in [-0.2, -0.15) is 0 Å². The molecule has 0 radical (unpaired) electrons. The van der Waals surface area contributed by atoms with E-state index in [4.69, 9.17) is 11.6 Å². The van der Waals surface area contributed by atoms with Crippen LogP contribution in [-0.2, 0) is 4.79 Å².